The summed E-state index contributed by atoms with van der Waals surface area (Å²) < 4.78 is 17.6. The second-order valence-corrected chi connectivity index (χ2v) is 12.7. The normalized spacial score (nSPS) is 16.0. The first-order valence-electron chi connectivity index (χ1n) is 16.4. The number of nitrogens with one attached hydrogen (secondary N) is 2. The Balaban J connectivity index is 0.874. The number of hydrogen-bond donors (Lipinski definition) is 2. The van der Waals surface area contributed by atoms with E-state index in [1.807, 2.05) is 30.3 Å². The second kappa shape index (κ2) is 13.5. The number of ether oxygens (including phenoxy) is 2. The number of benzene rings is 3. The molecule has 5 aromatic rings. The monoisotopic (exact) mass is 673 g/mol. The Bertz CT molecular complexity index is 2060. The molecule has 12 nitrogen and oxygen atoms in total. The molecule has 1 saturated heterocycles. The summed E-state index contributed by atoms with van der Waals surface area (Å²) in [6, 6.07) is 23.7. The molecule has 2 aromatic heterocycles. The Hall–Kier alpha value is -6.04. The van der Waals surface area contributed by atoms with Gasteiger partial charge in [0.15, 0.2) is 17.8 Å². The number of hydrogen-bond acceptors (Lipinski definition) is 10. The van der Waals surface area contributed by atoms with Crippen molar-refractivity contribution in [3.05, 3.63) is 113 Å². The van der Waals surface area contributed by atoms with Crippen molar-refractivity contribution in [2.75, 3.05) is 18.5 Å². The lowest BCUT2D eigenvalue weighted by molar-refractivity contribution is -0.136. The summed E-state index contributed by atoms with van der Waals surface area (Å²) in [5.41, 5.74) is 4.38. The Kier molecular flexibility index (Phi) is 8.75. The molecule has 1 atom stereocenters. The highest BCUT2D eigenvalue weighted by molar-refractivity contribution is 6.23. The Labute approximate surface area is 287 Å². The van der Waals surface area contributed by atoms with Crippen LogP contribution in [0.1, 0.15) is 70.8 Å². The predicted molar refractivity (Wildman–Crippen MR) is 183 cm³/mol. The van der Waals surface area contributed by atoms with Gasteiger partial charge in [0.25, 0.3) is 11.8 Å². The van der Waals surface area contributed by atoms with E-state index < -0.39 is 29.7 Å². The minimum Gasteiger partial charge on any atom is -0.494 e. The lowest BCUT2D eigenvalue weighted by Gasteiger charge is -2.27. The lowest BCUT2D eigenvalue weighted by atomic mass is 9.78. The highest BCUT2D eigenvalue weighted by Gasteiger charge is 2.44. The van der Waals surface area contributed by atoms with Crippen LogP contribution in [0.4, 0.5) is 5.69 Å². The van der Waals surface area contributed by atoms with Gasteiger partial charge in [0, 0.05) is 30.3 Å². The van der Waals surface area contributed by atoms with Crippen LogP contribution >= 0.6 is 0 Å². The third-order valence-electron chi connectivity index (χ3n) is 9.08. The van der Waals surface area contributed by atoms with Crippen LogP contribution in [0.2, 0.25) is 0 Å². The fourth-order valence-electron chi connectivity index (χ4n) is 6.20. The number of imide groups is 2. The fraction of sp³-hybridized carbons (Fsp3) is 0.263. The quantitative estimate of drug-likeness (QED) is 0.130. The van der Waals surface area contributed by atoms with Crippen molar-refractivity contribution in [3.8, 4) is 11.5 Å². The zero-order valence-electron chi connectivity index (χ0n) is 27.6. The molecule has 7 rings (SSSR count). The van der Waals surface area contributed by atoms with Gasteiger partial charge in [-0.05, 0) is 78.6 Å². The van der Waals surface area contributed by atoms with E-state index in [4.69, 9.17) is 13.9 Å². The van der Waals surface area contributed by atoms with Gasteiger partial charge in [-0.2, -0.15) is 4.98 Å². The number of amides is 4. The maximum absolute atomic E-state index is 13.1. The summed E-state index contributed by atoms with van der Waals surface area (Å²) >= 11 is 0. The summed E-state index contributed by atoms with van der Waals surface area (Å²) in [6.07, 6.45) is 2.57. The van der Waals surface area contributed by atoms with Gasteiger partial charge < -0.3 is 19.2 Å². The number of pyridine rings is 1. The molecule has 2 aliphatic heterocycles. The first kappa shape index (κ1) is 32.5. The first-order valence-corrected chi connectivity index (χ1v) is 16.4. The van der Waals surface area contributed by atoms with Crippen molar-refractivity contribution in [3.63, 3.8) is 0 Å². The zero-order chi connectivity index (χ0) is 34.8. The average Bonchev–Trinajstić information content (AvgIpc) is 3.65. The molecule has 3 aromatic carbocycles. The number of anilines is 1. The van der Waals surface area contributed by atoms with Crippen LogP contribution in [0.3, 0.4) is 0 Å². The van der Waals surface area contributed by atoms with E-state index in [0.29, 0.717) is 48.1 Å². The molecule has 4 heterocycles. The van der Waals surface area contributed by atoms with Crippen molar-refractivity contribution in [2.24, 2.45) is 0 Å². The second-order valence-electron chi connectivity index (χ2n) is 12.7. The van der Waals surface area contributed by atoms with Crippen LogP contribution in [0.5, 0.6) is 11.5 Å². The average molecular weight is 674 g/mol. The van der Waals surface area contributed by atoms with Gasteiger partial charge in [-0.1, -0.05) is 38.1 Å². The Morgan fingerprint density at radius 3 is 2.30 bits per heavy atom. The van der Waals surface area contributed by atoms with Gasteiger partial charge >= 0.3 is 0 Å². The minimum atomic E-state index is -0.988. The number of carbonyl (C=O) groups is 4. The van der Waals surface area contributed by atoms with Crippen molar-refractivity contribution in [2.45, 2.75) is 51.2 Å². The molecule has 1 fully saturated rings. The van der Waals surface area contributed by atoms with Gasteiger partial charge in [-0.15, -0.1) is 0 Å². The van der Waals surface area contributed by atoms with Gasteiger partial charge in [0.05, 0.1) is 17.7 Å². The molecule has 0 aliphatic carbocycles. The van der Waals surface area contributed by atoms with E-state index in [1.165, 1.54) is 0 Å². The van der Waals surface area contributed by atoms with Gasteiger partial charge in [0.1, 0.15) is 17.5 Å². The third kappa shape index (κ3) is 6.51. The van der Waals surface area contributed by atoms with E-state index in [2.05, 4.69) is 58.7 Å². The van der Waals surface area contributed by atoms with Crippen LogP contribution in [0.25, 0.3) is 11.2 Å². The van der Waals surface area contributed by atoms with Crippen LogP contribution in [-0.2, 0) is 21.6 Å². The molecule has 0 saturated carbocycles. The molecular formula is C38H35N5O7. The zero-order valence-corrected chi connectivity index (χ0v) is 27.6. The largest absolute Gasteiger partial charge is 0.494 e. The highest BCUT2D eigenvalue weighted by atomic mass is 16.5. The molecule has 0 bridgehead atoms. The van der Waals surface area contributed by atoms with E-state index in [0.717, 1.165) is 21.8 Å². The van der Waals surface area contributed by atoms with E-state index in [9.17, 15) is 19.2 Å². The lowest BCUT2D eigenvalue weighted by Crippen LogP contribution is -2.54. The molecule has 4 amide bonds. The first-order chi connectivity index (χ1) is 24.2. The summed E-state index contributed by atoms with van der Waals surface area (Å²) in [7, 11) is 0. The van der Waals surface area contributed by atoms with E-state index in [-0.39, 0.29) is 36.0 Å². The van der Waals surface area contributed by atoms with Crippen LogP contribution in [0, 0.1) is 0 Å². The smallest absolute Gasteiger partial charge is 0.262 e. The molecule has 12 heteroatoms. The molecule has 2 N–H and O–H groups in total. The molecular weight excluding hydrogens is 638 g/mol. The Morgan fingerprint density at radius 2 is 1.60 bits per heavy atom. The summed E-state index contributed by atoms with van der Waals surface area (Å²) in [5, 5.41) is 5.48. The predicted octanol–water partition coefficient (Wildman–Crippen LogP) is 5.41. The number of aromatic nitrogens is 2. The van der Waals surface area contributed by atoms with Crippen LogP contribution < -0.4 is 20.1 Å². The molecule has 0 radical (unpaired) electrons. The maximum Gasteiger partial charge on any atom is 0.262 e. The van der Waals surface area contributed by atoms with Crippen molar-refractivity contribution >= 4 is 40.5 Å². The topological polar surface area (TPSA) is 153 Å². The molecule has 254 valence electrons. The summed E-state index contributed by atoms with van der Waals surface area (Å²) in [5.74, 6) is -0.140. The highest BCUT2D eigenvalue weighted by Crippen LogP contribution is 2.34. The summed E-state index contributed by atoms with van der Waals surface area (Å²) in [4.78, 5) is 59.3. The van der Waals surface area contributed by atoms with Gasteiger partial charge in [-0.3, -0.25) is 29.4 Å². The number of carbonyl (C=O) groups excluding carboxylic acids is 4. The van der Waals surface area contributed by atoms with Crippen LogP contribution in [0.15, 0.2) is 89.5 Å². The molecule has 50 heavy (non-hydrogen) atoms. The van der Waals surface area contributed by atoms with Crippen molar-refractivity contribution < 1.29 is 33.1 Å². The molecule has 1 unspecified atom stereocenters. The van der Waals surface area contributed by atoms with Gasteiger partial charge in [0.2, 0.25) is 17.7 Å². The molecule has 2 aliphatic rings. The number of rotatable bonds is 12. The van der Waals surface area contributed by atoms with Crippen LogP contribution in [-0.4, -0.2) is 57.7 Å². The number of piperidine rings is 1. The standard InChI is InChI=1S/C38H35N5O7/c1-38(2,24-8-13-27(14-9-24)49-22-33-42-34-31(50-33)5-3-18-40-34)23-6-11-26(12-7-23)48-20-4-19-39-25-10-15-28-29(21-25)37(47)43(36(28)46)30-16-17-32(44)41-35(30)45/h3,5-15,18,21,30,39H,4,16-17,19-20,22H2,1-2H3,(H,41,44,45). The fourth-order valence-corrected chi connectivity index (χ4v) is 6.20. The van der Waals surface area contributed by atoms with E-state index >= 15 is 0 Å². The maximum atomic E-state index is 13.1. The summed E-state index contributed by atoms with van der Waals surface area (Å²) in [6.45, 7) is 5.60. The van der Waals surface area contributed by atoms with Gasteiger partial charge in [-0.25, -0.2) is 4.98 Å². The minimum absolute atomic E-state index is 0.0790. The third-order valence-corrected chi connectivity index (χ3v) is 9.08. The Morgan fingerprint density at radius 1 is 0.900 bits per heavy atom. The van der Waals surface area contributed by atoms with E-state index in [1.54, 1.807) is 30.5 Å². The SMILES string of the molecule is CC(C)(c1ccc(OCCCNc2ccc3c(c2)C(=O)N(C2CCC(=O)NC2=O)C3=O)cc1)c1ccc(OCc2nc3ncccc3o2)cc1. The molecule has 0 spiro atoms. The van der Waals surface area contributed by atoms with Crippen molar-refractivity contribution in [1.29, 1.82) is 0 Å². The number of nitrogens with zero attached hydrogens (tertiary/aromatic N) is 3. The van der Waals surface area contributed by atoms with Crippen molar-refractivity contribution in [1.82, 2.24) is 20.2 Å². The number of fused-ring (bicyclic) bond motifs is 2. The number of oxazole rings is 1.